The fourth-order valence-corrected chi connectivity index (χ4v) is 3.05. The largest absolute Gasteiger partial charge is 0.271 e. The fraction of sp³-hybridized carbons (Fsp3) is 0.231. The van der Waals surface area contributed by atoms with Crippen LogP contribution in [0.1, 0.15) is 23.6 Å². The Hall–Kier alpha value is -0.820. The van der Waals surface area contributed by atoms with Crippen LogP contribution < -0.4 is 11.3 Å². The van der Waals surface area contributed by atoms with Crippen molar-refractivity contribution in [3.63, 3.8) is 0 Å². The molecule has 0 fully saturated rings. The van der Waals surface area contributed by atoms with E-state index in [2.05, 4.69) is 21.4 Å². The molecule has 0 spiro atoms. The number of thiophene rings is 1. The summed E-state index contributed by atoms with van der Waals surface area (Å²) in [5, 5.41) is 3.99. The highest BCUT2D eigenvalue weighted by Gasteiger charge is 2.20. The van der Waals surface area contributed by atoms with Gasteiger partial charge >= 0.3 is 0 Å². The predicted molar refractivity (Wildman–Crippen MR) is 76.8 cm³/mol. The summed E-state index contributed by atoms with van der Waals surface area (Å²) in [6.07, 6.45) is 1.25. The van der Waals surface area contributed by atoms with Crippen LogP contribution in [0.15, 0.2) is 33.4 Å². The Bertz CT molecular complexity index is 523. The summed E-state index contributed by atoms with van der Waals surface area (Å²) in [6.45, 7) is 0. The van der Waals surface area contributed by atoms with E-state index in [0.29, 0.717) is 17.3 Å². The van der Waals surface area contributed by atoms with E-state index in [-0.39, 0.29) is 5.56 Å². The zero-order valence-corrected chi connectivity index (χ0v) is 12.4. The van der Waals surface area contributed by atoms with Crippen molar-refractivity contribution in [3.8, 4) is 0 Å². The number of rotatable bonds is 5. The van der Waals surface area contributed by atoms with Crippen LogP contribution in [0.4, 0.5) is 8.78 Å². The van der Waals surface area contributed by atoms with Crippen LogP contribution in [0.25, 0.3) is 0 Å². The van der Waals surface area contributed by atoms with Crippen molar-refractivity contribution in [1.29, 1.82) is 0 Å². The quantitative estimate of drug-likeness (QED) is 0.635. The topological polar surface area (TPSA) is 38.0 Å². The van der Waals surface area contributed by atoms with Crippen molar-refractivity contribution in [2.24, 2.45) is 5.84 Å². The van der Waals surface area contributed by atoms with Crippen LogP contribution in [0.3, 0.4) is 0 Å². The van der Waals surface area contributed by atoms with Crippen molar-refractivity contribution in [2.75, 3.05) is 0 Å². The van der Waals surface area contributed by atoms with E-state index in [1.807, 2.05) is 16.8 Å². The van der Waals surface area contributed by atoms with Crippen LogP contribution >= 0.6 is 27.3 Å². The van der Waals surface area contributed by atoms with Crippen molar-refractivity contribution in [3.05, 3.63) is 56.2 Å². The zero-order chi connectivity index (χ0) is 13.8. The summed E-state index contributed by atoms with van der Waals surface area (Å²) >= 11 is 4.66. The number of benzene rings is 1. The minimum absolute atomic E-state index is 0.0130. The minimum Gasteiger partial charge on any atom is -0.271 e. The van der Waals surface area contributed by atoms with Crippen LogP contribution in [0, 0.1) is 11.6 Å². The van der Waals surface area contributed by atoms with Crippen molar-refractivity contribution >= 4 is 27.3 Å². The highest BCUT2D eigenvalue weighted by Crippen LogP contribution is 2.27. The molecule has 19 heavy (non-hydrogen) atoms. The molecule has 1 heterocycles. The van der Waals surface area contributed by atoms with Gasteiger partial charge in [-0.3, -0.25) is 11.3 Å². The average molecular weight is 347 g/mol. The first-order valence-corrected chi connectivity index (χ1v) is 7.47. The van der Waals surface area contributed by atoms with E-state index in [1.54, 1.807) is 11.3 Å². The van der Waals surface area contributed by atoms with E-state index in [4.69, 9.17) is 5.84 Å². The maximum Gasteiger partial charge on any atom is 0.132 e. The Labute approximate surface area is 122 Å². The van der Waals surface area contributed by atoms with Gasteiger partial charge in [-0.2, -0.15) is 11.3 Å². The van der Waals surface area contributed by atoms with Crippen LogP contribution in [0.5, 0.6) is 0 Å². The van der Waals surface area contributed by atoms with E-state index < -0.39 is 17.7 Å². The summed E-state index contributed by atoms with van der Waals surface area (Å²) in [5.41, 5.74) is 3.62. The zero-order valence-electron chi connectivity index (χ0n) is 10.00. The molecule has 0 saturated heterocycles. The van der Waals surface area contributed by atoms with Gasteiger partial charge in [-0.1, -0.05) is 15.9 Å². The summed E-state index contributed by atoms with van der Waals surface area (Å²) in [6, 6.07) is 3.93. The number of aryl methyl sites for hydroxylation is 1. The molecule has 1 aromatic carbocycles. The van der Waals surface area contributed by atoms with Gasteiger partial charge in [-0.25, -0.2) is 8.78 Å². The van der Waals surface area contributed by atoms with Crippen molar-refractivity contribution < 1.29 is 8.78 Å². The lowest BCUT2D eigenvalue weighted by Gasteiger charge is -2.17. The Morgan fingerprint density at radius 2 is 2.00 bits per heavy atom. The van der Waals surface area contributed by atoms with E-state index >= 15 is 0 Å². The Morgan fingerprint density at radius 1 is 1.32 bits per heavy atom. The normalized spacial score (nSPS) is 12.6. The Morgan fingerprint density at radius 3 is 2.53 bits per heavy atom. The third-order valence-corrected chi connectivity index (χ3v) is 4.09. The molecule has 0 aliphatic rings. The number of hydrogen-bond acceptors (Lipinski definition) is 3. The Balaban J connectivity index is 2.17. The molecule has 2 aromatic rings. The number of hydrogen-bond donors (Lipinski definition) is 2. The third-order valence-electron chi connectivity index (χ3n) is 2.90. The first kappa shape index (κ1) is 14.6. The van der Waals surface area contributed by atoms with Gasteiger partial charge in [-0.15, -0.1) is 0 Å². The molecule has 0 aliphatic carbocycles. The van der Waals surface area contributed by atoms with E-state index in [9.17, 15) is 8.78 Å². The highest BCUT2D eigenvalue weighted by atomic mass is 79.9. The molecule has 0 saturated carbocycles. The second-order valence-corrected chi connectivity index (χ2v) is 5.87. The lowest BCUT2D eigenvalue weighted by molar-refractivity contribution is 0.454. The average Bonchev–Trinajstić information content (AvgIpc) is 2.85. The Kier molecular flexibility index (Phi) is 5.04. The van der Waals surface area contributed by atoms with Gasteiger partial charge in [0, 0.05) is 10.0 Å². The molecule has 0 amide bonds. The van der Waals surface area contributed by atoms with Gasteiger partial charge in [0.25, 0.3) is 0 Å². The smallest absolute Gasteiger partial charge is 0.132 e. The molecule has 1 unspecified atom stereocenters. The number of nitrogens with two attached hydrogens (primary N) is 1. The number of hydrazine groups is 1. The standard InChI is InChI=1S/C13H13BrF2N2S/c14-9-5-10(15)13(11(16)6-9)12(18-17)2-1-8-3-4-19-7-8/h3-7,12,18H,1-2,17H2. The molecular weight excluding hydrogens is 334 g/mol. The number of halogens is 3. The SMILES string of the molecule is NNC(CCc1ccsc1)c1c(F)cc(Br)cc1F. The predicted octanol–water partition coefficient (Wildman–Crippen LogP) is 3.93. The fourth-order valence-electron chi connectivity index (χ4n) is 1.94. The third kappa shape index (κ3) is 3.60. The molecule has 0 bridgehead atoms. The summed E-state index contributed by atoms with van der Waals surface area (Å²) in [7, 11) is 0. The molecule has 1 atom stereocenters. The van der Waals surface area contributed by atoms with Gasteiger partial charge < -0.3 is 0 Å². The van der Waals surface area contributed by atoms with Crippen LogP contribution in [-0.4, -0.2) is 0 Å². The lowest BCUT2D eigenvalue weighted by Crippen LogP contribution is -2.30. The van der Waals surface area contributed by atoms with E-state index in [1.165, 1.54) is 12.1 Å². The van der Waals surface area contributed by atoms with Crippen LogP contribution in [-0.2, 0) is 6.42 Å². The molecule has 3 N–H and O–H groups in total. The second-order valence-electron chi connectivity index (χ2n) is 4.17. The molecule has 0 aliphatic heterocycles. The summed E-state index contributed by atoms with van der Waals surface area (Å²) in [5.74, 6) is 4.23. The van der Waals surface area contributed by atoms with Crippen molar-refractivity contribution in [1.82, 2.24) is 5.43 Å². The minimum atomic E-state index is -0.597. The first-order chi connectivity index (χ1) is 9.11. The highest BCUT2D eigenvalue weighted by molar-refractivity contribution is 9.10. The molecule has 1 aromatic heterocycles. The van der Waals surface area contributed by atoms with Gasteiger partial charge in [0.15, 0.2) is 0 Å². The summed E-state index contributed by atoms with van der Waals surface area (Å²) < 4.78 is 28.1. The van der Waals surface area contributed by atoms with Crippen LogP contribution in [0.2, 0.25) is 0 Å². The van der Waals surface area contributed by atoms with Gasteiger partial charge in [0.2, 0.25) is 0 Å². The maximum absolute atomic E-state index is 13.9. The molecule has 2 nitrogen and oxygen atoms in total. The summed E-state index contributed by atoms with van der Waals surface area (Å²) in [4.78, 5) is 0. The van der Waals surface area contributed by atoms with E-state index in [0.717, 1.165) is 5.56 Å². The lowest BCUT2D eigenvalue weighted by atomic mass is 9.99. The second kappa shape index (κ2) is 6.56. The maximum atomic E-state index is 13.9. The monoisotopic (exact) mass is 346 g/mol. The van der Waals surface area contributed by atoms with Crippen molar-refractivity contribution in [2.45, 2.75) is 18.9 Å². The van der Waals surface area contributed by atoms with Gasteiger partial charge in [-0.05, 0) is 47.4 Å². The molecule has 2 rings (SSSR count). The molecular formula is C13H13BrF2N2S. The molecule has 102 valence electrons. The van der Waals surface area contributed by atoms with Gasteiger partial charge in [0.05, 0.1) is 6.04 Å². The van der Waals surface area contributed by atoms with Gasteiger partial charge in [0.1, 0.15) is 11.6 Å². The molecule has 6 heteroatoms. The molecule has 0 radical (unpaired) electrons. The number of nitrogens with one attached hydrogen (secondary N) is 1. The first-order valence-electron chi connectivity index (χ1n) is 5.73.